The van der Waals surface area contributed by atoms with E-state index in [1.54, 1.807) is 0 Å². The summed E-state index contributed by atoms with van der Waals surface area (Å²) in [6.45, 7) is 5.06. The second-order valence-electron chi connectivity index (χ2n) is 7.54. The minimum absolute atomic E-state index is 0.383. The van der Waals surface area contributed by atoms with Crippen molar-refractivity contribution in [2.24, 2.45) is 29.6 Å². The van der Waals surface area contributed by atoms with Crippen LogP contribution < -0.4 is 5.32 Å². The van der Waals surface area contributed by atoms with Crippen LogP contribution in [0.3, 0.4) is 0 Å². The molecule has 4 saturated carbocycles. The first kappa shape index (κ1) is 12.2. The number of hydrogen-bond donors (Lipinski definition) is 1. The van der Waals surface area contributed by atoms with E-state index in [-0.39, 0.29) is 0 Å². The molecule has 0 aromatic heterocycles. The first-order valence-electron chi connectivity index (χ1n) is 8.23. The lowest BCUT2D eigenvalue weighted by Gasteiger charge is -2.55. The van der Waals surface area contributed by atoms with E-state index in [4.69, 9.17) is 0 Å². The molecule has 0 aromatic carbocycles. The van der Waals surface area contributed by atoms with Crippen molar-refractivity contribution in [3.05, 3.63) is 0 Å². The Morgan fingerprint density at radius 3 is 2.26 bits per heavy atom. The summed E-state index contributed by atoms with van der Waals surface area (Å²) in [4.78, 5) is 15.2. The second-order valence-corrected chi connectivity index (χ2v) is 7.54. The van der Waals surface area contributed by atoms with E-state index in [1.807, 2.05) is 0 Å². The first-order valence-corrected chi connectivity index (χ1v) is 8.23. The fourth-order valence-electron chi connectivity index (χ4n) is 5.69. The molecular formula is C16H26N2O. The van der Waals surface area contributed by atoms with Gasteiger partial charge in [0.15, 0.2) is 0 Å². The summed E-state index contributed by atoms with van der Waals surface area (Å²) >= 11 is 0. The van der Waals surface area contributed by atoms with Crippen molar-refractivity contribution in [2.75, 3.05) is 19.6 Å². The third-order valence-electron chi connectivity index (χ3n) is 6.30. The highest BCUT2D eigenvalue weighted by atomic mass is 16.2. The van der Waals surface area contributed by atoms with Crippen LogP contribution in [0.5, 0.6) is 0 Å². The van der Waals surface area contributed by atoms with Crippen LogP contribution in [0.15, 0.2) is 0 Å². The van der Waals surface area contributed by atoms with Crippen LogP contribution in [0.2, 0.25) is 0 Å². The van der Waals surface area contributed by atoms with Gasteiger partial charge in [0.1, 0.15) is 0 Å². The molecule has 0 aromatic rings. The third kappa shape index (κ3) is 1.93. The highest BCUT2D eigenvalue weighted by Gasteiger charge is 2.51. The maximum Gasteiger partial charge on any atom is 0.226 e. The van der Waals surface area contributed by atoms with Crippen LogP contribution in [0.4, 0.5) is 0 Å². The van der Waals surface area contributed by atoms with Gasteiger partial charge in [-0.15, -0.1) is 0 Å². The van der Waals surface area contributed by atoms with Gasteiger partial charge in [-0.2, -0.15) is 0 Å². The van der Waals surface area contributed by atoms with Gasteiger partial charge in [0.2, 0.25) is 5.91 Å². The predicted molar refractivity (Wildman–Crippen MR) is 74.6 cm³/mol. The molecule has 5 fully saturated rings. The standard InChI is InChI=1S/C16H26N2O/c1-10-9-17-2-3-18(10)16(19)15-13-5-11-4-12(7-13)8-14(15)6-11/h10-15,17H,2-9H2,1H3. The predicted octanol–water partition coefficient (Wildman–Crippen LogP) is 1.88. The van der Waals surface area contributed by atoms with Gasteiger partial charge in [-0.25, -0.2) is 0 Å². The zero-order chi connectivity index (χ0) is 13.0. The van der Waals surface area contributed by atoms with Crippen LogP contribution in [-0.2, 0) is 4.79 Å². The van der Waals surface area contributed by atoms with Crippen LogP contribution in [-0.4, -0.2) is 36.5 Å². The van der Waals surface area contributed by atoms with Crippen molar-refractivity contribution in [2.45, 2.75) is 45.1 Å². The fourth-order valence-corrected chi connectivity index (χ4v) is 5.69. The maximum atomic E-state index is 13.0. The van der Waals surface area contributed by atoms with Crippen molar-refractivity contribution in [1.29, 1.82) is 0 Å². The Hall–Kier alpha value is -0.570. The first-order chi connectivity index (χ1) is 9.22. The molecule has 5 rings (SSSR count). The lowest BCUT2D eigenvalue weighted by atomic mass is 9.51. The third-order valence-corrected chi connectivity index (χ3v) is 6.30. The molecule has 3 nitrogen and oxygen atoms in total. The van der Waals surface area contributed by atoms with Gasteiger partial charge >= 0.3 is 0 Å². The van der Waals surface area contributed by atoms with Gasteiger partial charge in [-0.3, -0.25) is 4.79 Å². The smallest absolute Gasteiger partial charge is 0.226 e. The molecule has 4 bridgehead atoms. The molecule has 1 amide bonds. The van der Waals surface area contributed by atoms with Gasteiger partial charge in [0, 0.05) is 31.6 Å². The van der Waals surface area contributed by atoms with E-state index in [0.29, 0.717) is 17.9 Å². The SMILES string of the molecule is CC1CNCCN1C(=O)C1C2CC3CC(C2)CC1C3. The lowest BCUT2D eigenvalue weighted by molar-refractivity contribution is -0.151. The lowest BCUT2D eigenvalue weighted by Crippen LogP contribution is -2.58. The quantitative estimate of drug-likeness (QED) is 0.782. The number of nitrogens with zero attached hydrogens (tertiary/aromatic N) is 1. The Bertz CT molecular complexity index is 353. The van der Waals surface area contributed by atoms with Crippen LogP contribution in [0, 0.1) is 29.6 Å². The number of carbonyl (C=O) groups excluding carboxylic acids is 1. The minimum atomic E-state index is 0.383. The Balaban J connectivity index is 1.53. The fraction of sp³-hybridized carbons (Fsp3) is 0.938. The topological polar surface area (TPSA) is 32.3 Å². The summed E-state index contributed by atoms with van der Waals surface area (Å²) in [6, 6.07) is 0.387. The molecule has 1 atom stereocenters. The normalized spacial score (nSPS) is 48.6. The summed E-state index contributed by atoms with van der Waals surface area (Å²) in [6.07, 6.45) is 6.87. The van der Waals surface area contributed by atoms with Crippen molar-refractivity contribution >= 4 is 5.91 Å². The largest absolute Gasteiger partial charge is 0.337 e. The highest BCUT2D eigenvalue weighted by molar-refractivity contribution is 5.80. The maximum absolute atomic E-state index is 13.0. The van der Waals surface area contributed by atoms with Crippen molar-refractivity contribution in [1.82, 2.24) is 10.2 Å². The van der Waals surface area contributed by atoms with E-state index in [2.05, 4.69) is 17.1 Å². The summed E-state index contributed by atoms with van der Waals surface area (Å²) in [5.74, 6) is 4.27. The van der Waals surface area contributed by atoms with Crippen molar-refractivity contribution < 1.29 is 4.79 Å². The molecule has 0 spiro atoms. The van der Waals surface area contributed by atoms with E-state index in [1.165, 1.54) is 32.1 Å². The van der Waals surface area contributed by atoms with Crippen molar-refractivity contribution in [3.63, 3.8) is 0 Å². The number of hydrogen-bond acceptors (Lipinski definition) is 2. The summed E-state index contributed by atoms with van der Waals surface area (Å²) in [5, 5.41) is 3.39. The minimum Gasteiger partial charge on any atom is -0.337 e. The molecule has 1 N–H and O–H groups in total. The molecule has 106 valence electrons. The molecule has 1 saturated heterocycles. The number of nitrogens with one attached hydrogen (secondary N) is 1. The number of amides is 1. The molecule has 19 heavy (non-hydrogen) atoms. The molecule has 5 aliphatic rings. The summed E-state index contributed by atoms with van der Waals surface area (Å²) in [5.41, 5.74) is 0. The van der Waals surface area contributed by atoms with E-state index >= 15 is 0 Å². The molecule has 1 heterocycles. The van der Waals surface area contributed by atoms with Gasteiger partial charge in [0.05, 0.1) is 0 Å². The average molecular weight is 262 g/mol. The zero-order valence-electron chi connectivity index (χ0n) is 12.0. The molecule has 1 unspecified atom stereocenters. The number of piperazine rings is 1. The Kier molecular flexibility index (Phi) is 2.87. The molecular weight excluding hydrogens is 236 g/mol. The number of carbonyl (C=O) groups is 1. The Morgan fingerprint density at radius 1 is 1.05 bits per heavy atom. The summed E-state index contributed by atoms with van der Waals surface area (Å²) < 4.78 is 0. The van der Waals surface area contributed by atoms with Crippen LogP contribution in [0.1, 0.15) is 39.0 Å². The molecule has 4 aliphatic carbocycles. The van der Waals surface area contributed by atoms with Gasteiger partial charge in [-0.1, -0.05) is 0 Å². The number of rotatable bonds is 1. The molecule has 0 radical (unpaired) electrons. The van der Waals surface area contributed by atoms with Gasteiger partial charge < -0.3 is 10.2 Å². The monoisotopic (exact) mass is 262 g/mol. The summed E-state index contributed by atoms with van der Waals surface area (Å²) in [7, 11) is 0. The zero-order valence-corrected chi connectivity index (χ0v) is 12.0. The van der Waals surface area contributed by atoms with Crippen molar-refractivity contribution in [3.8, 4) is 0 Å². The molecule has 3 heteroatoms. The van der Waals surface area contributed by atoms with E-state index in [9.17, 15) is 4.79 Å². The van der Waals surface area contributed by atoms with E-state index < -0.39 is 0 Å². The average Bonchev–Trinajstić information content (AvgIpc) is 2.37. The van der Waals surface area contributed by atoms with Crippen LogP contribution >= 0.6 is 0 Å². The van der Waals surface area contributed by atoms with Gasteiger partial charge in [0.25, 0.3) is 0 Å². The van der Waals surface area contributed by atoms with Crippen LogP contribution in [0.25, 0.3) is 0 Å². The highest BCUT2D eigenvalue weighted by Crippen LogP contribution is 2.56. The Morgan fingerprint density at radius 2 is 1.68 bits per heavy atom. The second kappa shape index (κ2) is 4.47. The van der Waals surface area contributed by atoms with Gasteiger partial charge in [-0.05, 0) is 62.7 Å². The van der Waals surface area contributed by atoms with E-state index in [0.717, 1.165) is 43.3 Å². The molecule has 1 aliphatic heterocycles. The Labute approximate surface area is 116 Å².